The molecule has 14 heteroatoms. The number of aromatic amines is 2. The largest absolute Gasteiger partial charge is 0.480 e. The van der Waals surface area contributed by atoms with Crippen LogP contribution in [0.2, 0.25) is 0 Å². The van der Waals surface area contributed by atoms with Gasteiger partial charge in [0.15, 0.2) is 5.96 Å². The number of hydrogen-bond donors (Lipinski definition) is 9. The van der Waals surface area contributed by atoms with E-state index in [1.807, 2.05) is 62.4 Å². The van der Waals surface area contributed by atoms with Crippen molar-refractivity contribution >= 4 is 51.5 Å². The van der Waals surface area contributed by atoms with Gasteiger partial charge >= 0.3 is 5.97 Å². The number of nitrogens with zero attached hydrogens (tertiary/aromatic N) is 1. The summed E-state index contributed by atoms with van der Waals surface area (Å²) in [6.45, 7) is 4.00. The minimum absolute atomic E-state index is 0.0193. The lowest BCUT2D eigenvalue weighted by Crippen LogP contribution is -2.59. The third-order valence-corrected chi connectivity index (χ3v) is 8.54. The number of nitrogens with two attached hydrogens (primary N) is 3. The molecule has 0 radical (unpaired) electrons. The predicted molar refractivity (Wildman–Crippen MR) is 185 cm³/mol. The number of para-hydroxylation sites is 2. The van der Waals surface area contributed by atoms with Crippen LogP contribution >= 0.6 is 0 Å². The zero-order valence-electron chi connectivity index (χ0n) is 27.2. The van der Waals surface area contributed by atoms with Crippen molar-refractivity contribution in [2.45, 2.75) is 70.1 Å². The van der Waals surface area contributed by atoms with E-state index in [-0.39, 0.29) is 31.1 Å². The number of fused-ring (bicyclic) bond motifs is 2. The van der Waals surface area contributed by atoms with E-state index in [2.05, 4.69) is 30.9 Å². The summed E-state index contributed by atoms with van der Waals surface area (Å²) < 4.78 is 0. The molecule has 5 atom stereocenters. The van der Waals surface area contributed by atoms with E-state index in [9.17, 15) is 24.3 Å². The molecule has 0 saturated carbocycles. The van der Waals surface area contributed by atoms with Gasteiger partial charge in [0, 0.05) is 53.6 Å². The predicted octanol–water partition coefficient (Wildman–Crippen LogP) is 1.40. The molecular formula is C34H45N9O5. The summed E-state index contributed by atoms with van der Waals surface area (Å²) in [5.41, 5.74) is 20.0. The summed E-state index contributed by atoms with van der Waals surface area (Å²) in [4.78, 5) is 63.4. The van der Waals surface area contributed by atoms with Gasteiger partial charge in [0.05, 0.1) is 6.04 Å². The number of amides is 3. The highest BCUT2D eigenvalue weighted by Gasteiger charge is 2.33. The molecule has 2 aromatic heterocycles. The van der Waals surface area contributed by atoms with Crippen LogP contribution in [-0.2, 0) is 32.0 Å². The Bertz CT molecular complexity index is 1760. The zero-order valence-corrected chi connectivity index (χ0v) is 27.2. The van der Waals surface area contributed by atoms with Crippen molar-refractivity contribution in [3.8, 4) is 0 Å². The minimum Gasteiger partial charge on any atom is -0.480 e. The first kappa shape index (κ1) is 35.5. The Balaban J connectivity index is 1.55. The highest BCUT2D eigenvalue weighted by Crippen LogP contribution is 2.21. The van der Waals surface area contributed by atoms with E-state index in [4.69, 9.17) is 17.2 Å². The summed E-state index contributed by atoms with van der Waals surface area (Å²) in [5, 5.41) is 20.0. The molecule has 14 nitrogen and oxygen atoms in total. The standard InChI is InChI=1S/C34H45N9O5/c1-3-19(2)29(43-30(44)24(35)11-8-14-38-34(36)37)32(46)41-27(15-20-17-39-25-12-6-4-9-22(20)25)31(45)42-28(33(47)48)16-21-18-40-26-13-7-5-10-23(21)26/h4-7,9-10,12-13,17-19,24,27-29,39-40H,3,8,11,14-16,35H2,1-2H3,(H,41,46)(H,42,45)(H,43,44)(H,47,48)(H4,36,37,38). The van der Waals surface area contributed by atoms with Crippen LogP contribution in [0.4, 0.5) is 0 Å². The fourth-order valence-electron chi connectivity index (χ4n) is 5.60. The van der Waals surface area contributed by atoms with Crippen molar-refractivity contribution in [3.05, 3.63) is 72.1 Å². The molecule has 0 fully saturated rings. The number of carboxylic acids is 1. The van der Waals surface area contributed by atoms with Gasteiger partial charge < -0.3 is 48.2 Å². The van der Waals surface area contributed by atoms with E-state index < -0.39 is 47.9 Å². The van der Waals surface area contributed by atoms with Gasteiger partial charge in [-0.1, -0.05) is 56.7 Å². The lowest BCUT2D eigenvalue weighted by Gasteiger charge is -2.28. The molecule has 0 bridgehead atoms. The molecule has 5 unspecified atom stereocenters. The van der Waals surface area contributed by atoms with E-state index in [0.717, 1.165) is 32.9 Å². The highest BCUT2D eigenvalue weighted by molar-refractivity contribution is 5.95. The Labute approximate surface area is 278 Å². The van der Waals surface area contributed by atoms with Crippen molar-refractivity contribution in [1.82, 2.24) is 25.9 Å². The number of hydrogen-bond acceptors (Lipinski definition) is 6. The summed E-state index contributed by atoms with van der Waals surface area (Å²) in [6, 6.07) is 10.6. The van der Waals surface area contributed by atoms with Crippen LogP contribution in [0.15, 0.2) is 65.9 Å². The Kier molecular flexibility index (Phi) is 12.2. The second-order valence-electron chi connectivity index (χ2n) is 12.0. The molecule has 3 amide bonds. The van der Waals surface area contributed by atoms with E-state index in [1.165, 1.54) is 0 Å². The Morgan fingerprint density at radius 2 is 1.35 bits per heavy atom. The lowest BCUT2D eigenvalue weighted by atomic mass is 9.96. The topological polar surface area (TPSA) is 247 Å². The fourth-order valence-corrected chi connectivity index (χ4v) is 5.60. The van der Waals surface area contributed by atoms with E-state index >= 15 is 0 Å². The van der Waals surface area contributed by atoms with Crippen LogP contribution in [-0.4, -0.2) is 75.4 Å². The minimum atomic E-state index is -1.28. The summed E-state index contributed by atoms with van der Waals surface area (Å²) in [5.74, 6) is -3.37. The number of aliphatic carboxylic acids is 1. The van der Waals surface area contributed by atoms with E-state index in [1.54, 1.807) is 12.4 Å². The molecule has 4 aromatic rings. The van der Waals surface area contributed by atoms with Crippen LogP contribution < -0.4 is 33.2 Å². The van der Waals surface area contributed by atoms with Gasteiger partial charge in [0.25, 0.3) is 0 Å². The normalized spacial score (nSPS) is 14.4. The first-order chi connectivity index (χ1) is 23.0. The quantitative estimate of drug-likeness (QED) is 0.0454. The highest BCUT2D eigenvalue weighted by atomic mass is 16.4. The van der Waals surface area contributed by atoms with Crippen molar-refractivity contribution in [2.24, 2.45) is 28.1 Å². The maximum Gasteiger partial charge on any atom is 0.326 e. The third kappa shape index (κ3) is 9.12. The molecular weight excluding hydrogens is 614 g/mol. The number of aliphatic imine (C=N–C) groups is 1. The molecule has 0 aliphatic heterocycles. The fraction of sp³-hybridized carbons (Fsp3) is 0.382. The third-order valence-electron chi connectivity index (χ3n) is 8.54. The summed E-state index contributed by atoms with van der Waals surface area (Å²) >= 11 is 0. The monoisotopic (exact) mass is 659 g/mol. The maximum absolute atomic E-state index is 13.9. The Morgan fingerprint density at radius 3 is 1.90 bits per heavy atom. The molecule has 2 aromatic carbocycles. The number of H-pyrrole nitrogens is 2. The number of guanidine groups is 1. The van der Waals surface area contributed by atoms with Gasteiger partial charge in [0.1, 0.15) is 18.1 Å². The van der Waals surface area contributed by atoms with Gasteiger partial charge in [-0.3, -0.25) is 19.4 Å². The lowest BCUT2D eigenvalue weighted by molar-refractivity contribution is -0.142. The number of benzene rings is 2. The second-order valence-corrected chi connectivity index (χ2v) is 12.0. The van der Waals surface area contributed by atoms with Crippen LogP contribution in [0, 0.1) is 5.92 Å². The van der Waals surface area contributed by atoms with Crippen molar-refractivity contribution < 1.29 is 24.3 Å². The van der Waals surface area contributed by atoms with Crippen molar-refractivity contribution in [3.63, 3.8) is 0 Å². The zero-order chi connectivity index (χ0) is 34.8. The Morgan fingerprint density at radius 1 is 0.812 bits per heavy atom. The number of nitrogens with one attached hydrogen (secondary N) is 5. The average molecular weight is 660 g/mol. The first-order valence-corrected chi connectivity index (χ1v) is 16.0. The van der Waals surface area contributed by atoms with Gasteiger partial charge in [-0.2, -0.15) is 0 Å². The van der Waals surface area contributed by atoms with Crippen LogP contribution in [0.25, 0.3) is 21.8 Å². The van der Waals surface area contributed by atoms with Crippen molar-refractivity contribution in [2.75, 3.05) is 6.54 Å². The van der Waals surface area contributed by atoms with Crippen LogP contribution in [0.5, 0.6) is 0 Å². The summed E-state index contributed by atoms with van der Waals surface area (Å²) in [6.07, 6.45) is 4.86. The molecule has 256 valence electrons. The number of carbonyl (C=O) groups is 4. The van der Waals surface area contributed by atoms with Gasteiger partial charge in [0.2, 0.25) is 17.7 Å². The second kappa shape index (κ2) is 16.5. The van der Waals surface area contributed by atoms with Gasteiger partial charge in [-0.15, -0.1) is 0 Å². The molecule has 48 heavy (non-hydrogen) atoms. The Hall–Kier alpha value is -5.37. The number of aromatic nitrogens is 2. The maximum atomic E-state index is 13.9. The van der Waals surface area contributed by atoms with Gasteiger partial charge in [-0.05, 0) is 42.0 Å². The molecule has 0 aliphatic carbocycles. The molecule has 4 rings (SSSR count). The SMILES string of the molecule is CCC(C)C(NC(=O)C(N)CCCN=C(N)N)C(=O)NC(Cc1c[nH]c2ccccc12)C(=O)NC(Cc1c[nH]c2ccccc12)C(=O)O. The van der Waals surface area contributed by atoms with Crippen LogP contribution in [0.3, 0.4) is 0 Å². The molecule has 12 N–H and O–H groups in total. The van der Waals surface area contributed by atoms with Crippen LogP contribution in [0.1, 0.15) is 44.2 Å². The first-order valence-electron chi connectivity index (χ1n) is 16.0. The van der Waals surface area contributed by atoms with E-state index in [0.29, 0.717) is 19.4 Å². The van der Waals surface area contributed by atoms with Crippen molar-refractivity contribution in [1.29, 1.82) is 0 Å². The number of carboxylic acid groups (broad SMARTS) is 1. The number of carbonyl (C=O) groups excluding carboxylic acids is 3. The molecule has 0 saturated heterocycles. The molecule has 0 aliphatic rings. The number of rotatable bonds is 17. The average Bonchev–Trinajstić information content (AvgIpc) is 3.68. The van der Waals surface area contributed by atoms with Gasteiger partial charge in [-0.25, -0.2) is 4.79 Å². The smallest absolute Gasteiger partial charge is 0.326 e. The molecule has 2 heterocycles. The summed E-state index contributed by atoms with van der Waals surface area (Å²) in [7, 11) is 0. The molecule has 0 spiro atoms.